The standard InChI is InChI=1S/C31H26FNO2/c1-31(2,26-10-5-4-6-11-26)33(3)30(34)24-9-7-8-22(18-24)23-14-17-28-25(19-23)20-29(35-28)21-12-15-27(32)16-13-21/h4-20H,1-3H3. The lowest BCUT2D eigenvalue weighted by Gasteiger charge is -2.36. The molecule has 3 nitrogen and oxygen atoms in total. The van der Waals surface area contributed by atoms with Crippen molar-refractivity contribution in [2.75, 3.05) is 7.05 Å². The Morgan fingerprint density at radius 1 is 0.771 bits per heavy atom. The lowest BCUT2D eigenvalue weighted by Crippen LogP contribution is -2.42. The lowest BCUT2D eigenvalue weighted by atomic mass is 9.91. The van der Waals surface area contributed by atoms with E-state index in [2.05, 4.69) is 13.8 Å². The van der Waals surface area contributed by atoms with Gasteiger partial charge in [0.05, 0.1) is 5.54 Å². The fourth-order valence-electron chi connectivity index (χ4n) is 4.30. The van der Waals surface area contributed by atoms with Gasteiger partial charge in [-0.2, -0.15) is 0 Å². The van der Waals surface area contributed by atoms with Crippen molar-refractivity contribution in [3.05, 3.63) is 120 Å². The van der Waals surface area contributed by atoms with Gasteiger partial charge in [-0.3, -0.25) is 4.79 Å². The van der Waals surface area contributed by atoms with E-state index in [1.165, 1.54) is 12.1 Å². The number of benzene rings is 4. The predicted octanol–water partition coefficient (Wildman–Crippen LogP) is 7.91. The smallest absolute Gasteiger partial charge is 0.254 e. The molecule has 0 unspecified atom stereocenters. The van der Waals surface area contributed by atoms with Crippen molar-refractivity contribution in [3.8, 4) is 22.5 Å². The van der Waals surface area contributed by atoms with Gasteiger partial charge in [0.15, 0.2) is 0 Å². The van der Waals surface area contributed by atoms with Crippen LogP contribution in [-0.4, -0.2) is 17.9 Å². The van der Waals surface area contributed by atoms with E-state index in [0.29, 0.717) is 11.3 Å². The highest BCUT2D eigenvalue weighted by atomic mass is 19.1. The van der Waals surface area contributed by atoms with Gasteiger partial charge in [0, 0.05) is 23.6 Å². The molecule has 0 aliphatic rings. The van der Waals surface area contributed by atoms with Gasteiger partial charge in [-0.25, -0.2) is 4.39 Å². The van der Waals surface area contributed by atoms with E-state index in [1.54, 1.807) is 17.0 Å². The highest BCUT2D eigenvalue weighted by Gasteiger charge is 2.30. The fraction of sp³-hybridized carbons (Fsp3) is 0.129. The van der Waals surface area contributed by atoms with Crippen LogP contribution in [0.5, 0.6) is 0 Å². The molecule has 35 heavy (non-hydrogen) atoms. The molecule has 0 atom stereocenters. The van der Waals surface area contributed by atoms with Gasteiger partial charge in [-0.05, 0) is 85.1 Å². The van der Waals surface area contributed by atoms with Crippen molar-refractivity contribution in [1.29, 1.82) is 0 Å². The fourth-order valence-corrected chi connectivity index (χ4v) is 4.30. The SMILES string of the molecule is CN(C(=O)c1cccc(-c2ccc3oc(-c4ccc(F)cc4)cc3c2)c1)C(C)(C)c1ccccc1. The Kier molecular flexibility index (Phi) is 5.73. The molecule has 0 saturated carbocycles. The molecule has 0 bridgehead atoms. The maximum Gasteiger partial charge on any atom is 0.254 e. The van der Waals surface area contributed by atoms with Crippen LogP contribution in [0, 0.1) is 5.82 Å². The first kappa shape index (κ1) is 22.6. The van der Waals surface area contributed by atoms with E-state index in [9.17, 15) is 9.18 Å². The van der Waals surface area contributed by atoms with E-state index >= 15 is 0 Å². The molecule has 0 aliphatic carbocycles. The summed E-state index contributed by atoms with van der Waals surface area (Å²) >= 11 is 0. The summed E-state index contributed by atoms with van der Waals surface area (Å²) in [6, 6.07) is 31.9. The number of hydrogen-bond donors (Lipinski definition) is 0. The van der Waals surface area contributed by atoms with Crippen LogP contribution in [0.1, 0.15) is 29.8 Å². The number of furan rings is 1. The van der Waals surface area contributed by atoms with E-state index < -0.39 is 5.54 Å². The summed E-state index contributed by atoms with van der Waals surface area (Å²) < 4.78 is 19.3. The monoisotopic (exact) mass is 463 g/mol. The normalized spacial score (nSPS) is 11.5. The minimum Gasteiger partial charge on any atom is -0.456 e. The predicted molar refractivity (Wildman–Crippen MR) is 139 cm³/mol. The molecule has 0 N–H and O–H groups in total. The minimum absolute atomic E-state index is 0.0383. The van der Waals surface area contributed by atoms with Gasteiger partial charge in [0.1, 0.15) is 17.2 Å². The largest absolute Gasteiger partial charge is 0.456 e. The molecule has 1 heterocycles. The Labute approximate surface area is 204 Å². The van der Waals surface area contributed by atoms with Crippen LogP contribution in [0.25, 0.3) is 33.4 Å². The molecule has 1 amide bonds. The number of carbonyl (C=O) groups excluding carboxylic acids is 1. The van der Waals surface area contributed by atoms with Crippen molar-refractivity contribution < 1.29 is 13.6 Å². The van der Waals surface area contributed by atoms with Gasteiger partial charge in [-0.1, -0.05) is 48.5 Å². The molecular weight excluding hydrogens is 437 g/mol. The maximum absolute atomic E-state index is 13.4. The molecule has 5 aromatic rings. The van der Waals surface area contributed by atoms with Crippen molar-refractivity contribution in [2.24, 2.45) is 0 Å². The minimum atomic E-state index is -0.458. The number of nitrogens with zero attached hydrogens (tertiary/aromatic N) is 1. The molecule has 5 rings (SSSR count). The van der Waals surface area contributed by atoms with Gasteiger partial charge >= 0.3 is 0 Å². The number of halogens is 1. The van der Waals surface area contributed by atoms with Crippen molar-refractivity contribution in [2.45, 2.75) is 19.4 Å². The second-order valence-electron chi connectivity index (χ2n) is 9.24. The van der Waals surface area contributed by atoms with Crippen LogP contribution in [-0.2, 0) is 5.54 Å². The molecule has 0 fully saturated rings. The van der Waals surface area contributed by atoms with Crippen LogP contribution in [0.15, 0.2) is 108 Å². The first-order valence-electron chi connectivity index (χ1n) is 11.6. The van der Waals surface area contributed by atoms with Crippen LogP contribution in [0.4, 0.5) is 4.39 Å². The number of amides is 1. The number of carbonyl (C=O) groups is 1. The molecule has 4 aromatic carbocycles. The Morgan fingerprint density at radius 3 is 2.20 bits per heavy atom. The third-order valence-electron chi connectivity index (χ3n) is 6.71. The molecule has 4 heteroatoms. The van der Waals surface area contributed by atoms with Gasteiger partial charge in [0.25, 0.3) is 5.91 Å². The average molecular weight is 464 g/mol. The summed E-state index contributed by atoms with van der Waals surface area (Å²) in [5, 5.41) is 0.945. The highest BCUT2D eigenvalue weighted by molar-refractivity contribution is 5.96. The lowest BCUT2D eigenvalue weighted by molar-refractivity contribution is 0.0622. The molecule has 0 saturated heterocycles. The Morgan fingerprint density at radius 2 is 1.46 bits per heavy atom. The summed E-state index contributed by atoms with van der Waals surface area (Å²) in [4.78, 5) is 15.2. The van der Waals surface area contributed by atoms with Crippen LogP contribution < -0.4 is 0 Å². The summed E-state index contributed by atoms with van der Waals surface area (Å²) in [5.41, 5.74) is 4.77. The third kappa shape index (κ3) is 4.35. The van der Waals surface area contributed by atoms with Crippen LogP contribution in [0.2, 0.25) is 0 Å². The van der Waals surface area contributed by atoms with E-state index in [4.69, 9.17) is 4.42 Å². The van der Waals surface area contributed by atoms with Gasteiger partial charge in [-0.15, -0.1) is 0 Å². The second-order valence-corrected chi connectivity index (χ2v) is 9.24. The molecule has 1 aromatic heterocycles. The molecule has 0 aliphatic heterocycles. The van der Waals surface area contributed by atoms with Crippen LogP contribution in [0.3, 0.4) is 0 Å². The summed E-state index contributed by atoms with van der Waals surface area (Å²) in [7, 11) is 1.84. The Bertz CT molecular complexity index is 1500. The molecule has 0 spiro atoms. The quantitative estimate of drug-likeness (QED) is 0.265. The topological polar surface area (TPSA) is 33.5 Å². The van der Waals surface area contributed by atoms with Gasteiger partial charge in [0.2, 0.25) is 0 Å². The first-order valence-corrected chi connectivity index (χ1v) is 11.6. The van der Waals surface area contributed by atoms with Crippen LogP contribution >= 0.6 is 0 Å². The summed E-state index contributed by atoms with van der Waals surface area (Å²) in [6.07, 6.45) is 0. The number of fused-ring (bicyclic) bond motifs is 1. The number of hydrogen-bond acceptors (Lipinski definition) is 2. The van der Waals surface area contributed by atoms with E-state index in [-0.39, 0.29) is 11.7 Å². The molecule has 0 radical (unpaired) electrons. The Balaban J connectivity index is 1.44. The van der Waals surface area contributed by atoms with Gasteiger partial charge < -0.3 is 9.32 Å². The zero-order chi connectivity index (χ0) is 24.6. The van der Waals surface area contributed by atoms with Crippen molar-refractivity contribution in [3.63, 3.8) is 0 Å². The zero-order valence-corrected chi connectivity index (χ0v) is 20.0. The molecular formula is C31H26FNO2. The zero-order valence-electron chi connectivity index (χ0n) is 20.0. The maximum atomic E-state index is 13.4. The van der Waals surface area contributed by atoms with Crippen molar-refractivity contribution in [1.82, 2.24) is 4.90 Å². The summed E-state index contributed by atoms with van der Waals surface area (Å²) in [6.45, 7) is 4.10. The van der Waals surface area contributed by atoms with Crippen molar-refractivity contribution >= 4 is 16.9 Å². The average Bonchev–Trinajstić information content (AvgIpc) is 3.32. The molecule has 174 valence electrons. The van der Waals surface area contributed by atoms with E-state index in [1.807, 2.05) is 85.9 Å². The highest BCUT2D eigenvalue weighted by Crippen LogP contribution is 2.32. The summed E-state index contributed by atoms with van der Waals surface area (Å²) in [5.74, 6) is 0.369. The third-order valence-corrected chi connectivity index (χ3v) is 6.71. The number of rotatable bonds is 5. The van der Waals surface area contributed by atoms with E-state index in [0.717, 1.165) is 33.2 Å². The second kappa shape index (κ2) is 8.88. The Hall–Kier alpha value is -4.18. The first-order chi connectivity index (χ1) is 16.8.